The van der Waals surface area contributed by atoms with Gasteiger partial charge in [-0.1, -0.05) is 0 Å². The summed E-state index contributed by atoms with van der Waals surface area (Å²) in [6.45, 7) is 0.845. The average Bonchev–Trinajstić information content (AvgIpc) is 2.92. The van der Waals surface area contributed by atoms with Crippen molar-refractivity contribution < 1.29 is 31.9 Å². The summed E-state index contributed by atoms with van der Waals surface area (Å²) in [5, 5.41) is 9.12. The molecule has 3 rings (SSSR count). The largest absolute Gasteiger partial charge is 0.503 e. The van der Waals surface area contributed by atoms with E-state index in [0.717, 1.165) is 19.1 Å². The number of aryl methyl sites for hydroxylation is 1. The lowest BCUT2D eigenvalue weighted by atomic mass is 9.75. The van der Waals surface area contributed by atoms with Gasteiger partial charge in [-0.25, -0.2) is 13.8 Å². The van der Waals surface area contributed by atoms with Crippen LogP contribution in [0.15, 0.2) is 12.1 Å². The van der Waals surface area contributed by atoms with Crippen LogP contribution >= 0.6 is 11.3 Å². The maximum Gasteiger partial charge on any atom is 0.401 e. The number of alkyl halides is 3. The van der Waals surface area contributed by atoms with Crippen molar-refractivity contribution in [1.82, 2.24) is 4.98 Å². The fourth-order valence-electron chi connectivity index (χ4n) is 2.51. The van der Waals surface area contributed by atoms with Crippen LogP contribution in [0.2, 0.25) is 0 Å². The first-order chi connectivity index (χ1) is 11.0. The van der Waals surface area contributed by atoms with E-state index >= 15 is 0 Å². The van der Waals surface area contributed by atoms with Crippen molar-refractivity contribution in [2.75, 3.05) is 0 Å². The topological polar surface area (TPSA) is 50.2 Å². The van der Waals surface area contributed by atoms with E-state index in [2.05, 4.69) is 4.98 Å². The van der Waals surface area contributed by atoms with Crippen molar-refractivity contribution in [3.8, 4) is 16.3 Å². The third-order valence-corrected chi connectivity index (χ3v) is 5.30. The molecule has 0 unspecified atom stereocenters. The van der Waals surface area contributed by atoms with Crippen molar-refractivity contribution >= 4 is 17.1 Å². The van der Waals surface area contributed by atoms with E-state index in [9.17, 15) is 26.7 Å². The molecule has 0 saturated heterocycles. The van der Waals surface area contributed by atoms with Crippen molar-refractivity contribution in [2.24, 2.45) is 5.41 Å². The van der Waals surface area contributed by atoms with Crippen molar-refractivity contribution in [3.05, 3.63) is 34.3 Å². The molecule has 0 spiro atoms. The second kappa shape index (κ2) is 5.23. The summed E-state index contributed by atoms with van der Waals surface area (Å²) in [7, 11) is 0. The molecule has 1 aliphatic rings. The Balaban J connectivity index is 2.07. The van der Waals surface area contributed by atoms with E-state index in [0.29, 0.717) is 11.3 Å². The Morgan fingerprint density at radius 1 is 1.25 bits per heavy atom. The van der Waals surface area contributed by atoms with Gasteiger partial charge in [-0.15, -0.1) is 11.3 Å². The first-order valence-corrected chi connectivity index (χ1v) is 7.66. The lowest BCUT2D eigenvalue weighted by Crippen LogP contribution is -2.45. The number of carbonyl (C=O) groups excluding carboxylic acids is 1. The molecule has 0 fully saturated rings. The molecule has 0 bridgehead atoms. The number of rotatable bonds is 1. The SMILES string of the molecule is C[C@]1(C(F)(F)F)CCc2nc(-c3cc(F)c(O)c(F)c3)sc2C1=O. The monoisotopic (exact) mass is 363 g/mol. The number of nitrogens with zero attached hydrogens (tertiary/aromatic N) is 1. The van der Waals surface area contributed by atoms with Crippen LogP contribution in [0.4, 0.5) is 22.0 Å². The quantitative estimate of drug-likeness (QED) is 0.760. The van der Waals surface area contributed by atoms with Gasteiger partial charge in [0.15, 0.2) is 23.2 Å². The number of phenolic OH excluding ortho intramolecular Hbond substituents is 1. The highest BCUT2D eigenvalue weighted by Crippen LogP contribution is 2.49. The van der Waals surface area contributed by atoms with Crippen LogP contribution in [0.5, 0.6) is 5.75 Å². The molecule has 24 heavy (non-hydrogen) atoms. The lowest BCUT2D eigenvalue weighted by Gasteiger charge is -2.32. The van der Waals surface area contributed by atoms with E-state index in [4.69, 9.17) is 5.11 Å². The van der Waals surface area contributed by atoms with Crippen molar-refractivity contribution in [1.29, 1.82) is 0 Å². The van der Waals surface area contributed by atoms with Gasteiger partial charge in [-0.2, -0.15) is 13.2 Å². The molecule has 1 N–H and O–H groups in total. The summed E-state index contributed by atoms with van der Waals surface area (Å²) in [4.78, 5) is 16.2. The highest BCUT2D eigenvalue weighted by atomic mass is 32.1. The van der Waals surface area contributed by atoms with E-state index < -0.39 is 41.2 Å². The predicted molar refractivity (Wildman–Crippen MR) is 75.9 cm³/mol. The Bertz CT molecular complexity index is 822. The van der Waals surface area contributed by atoms with E-state index in [1.54, 1.807) is 0 Å². The number of hydrogen-bond acceptors (Lipinski definition) is 4. The van der Waals surface area contributed by atoms with Crippen LogP contribution in [0.3, 0.4) is 0 Å². The zero-order chi connectivity index (χ0) is 17.9. The number of fused-ring (bicyclic) bond motifs is 1. The van der Waals surface area contributed by atoms with E-state index in [1.807, 2.05) is 0 Å². The second-order valence-corrected chi connectivity index (χ2v) is 6.74. The summed E-state index contributed by atoms with van der Waals surface area (Å²) in [5.74, 6) is -4.67. The number of thiazole rings is 1. The molecule has 0 amide bonds. The average molecular weight is 363 g/mol. The van der Waals surface area contributed by atoms with Crippen molar-refractivity contribution in [3.63, 3.8) is 0 Å². The summed E-state index contributed by atoms with van der Waals surface area (Å²) >= 11 is 0.663. The van der Waals surface area contributed by atoms with Gasteiger partial charge in [-0.3, -0.25) is 4.79 Å². The van der Waals surface area contributed by atoms with Gasteiger partial charge in [0.1, 0.15) is 10.4 Å². The van der Waals surface area contributed by atoms with Crippen LogP contribution in [-0.4, -0.2) is 22.1 Å². The first-order valence-electron chi connectivity index (χ1n) is 6.84. The van der Waals surface area contributed by atoms with Gasteiger partial charge in [0.25, 0.3) is 0 Å². The first kappa shape index (κ1) is 16.8. The molecule has 9 heteroatoms. The molecule has 1 aromatic carbocycles. The van der Waals surface area contributed by atoms with Gasteiger partial charge in [0.05, 0.1) is 10.6 Å². The summed E-state index contributed by atoms with van der Waals surface area (Å²) in [6, 6.07) is 1.63. The van der Waals surface area contributed by atoms with Gasteiger partial charge >= 0.3 is 6.18 Å². The number of aromatic nitrogens is 1. The van der Waals surface area contributed by atoms with E-state index in [1.165, 1.54) is 0 Å². The minimum atomic E-state index is -4.69. The van der Waals surface area contributed by atoms with Crippen LogP contribution in [0.1, 0.15) is 28.7 Å². The number of benzene rings is 1. The smallest absolute Gasteiger partial charge is 0.401 e. The molecule has 1 aromatic heterocycles. The standard InChI is InChI=1S/C15H10F5NO2S/c1-14(15(18,19)20)3-2-9-11(12(14)23)24-13(21-9)6-4-7(16)10(22)8(17)5-6/h4-5,22H,2-3H2,1H3/t14-/m0/s1. The second-order valence-electron chi connectivity index (χ2n) is 5.74. The Hall–Kier alpha value is -2.03. The zero-order valence-electron chi connectivity index (χ0n) is 12.2. The van der Waals surface area contributed by atoms with Crippen LogP contribution < -0.4 is 0 Å². The van der Waals surface area contributed by atoms with Crippen LogP contribution in [-0.2, 0) is 6.42 Å². The zero-order valence-corrected chi connectivity index (χ0v) is 13.0. The molecule has 0 radical (unpaired) electrons. The van der Waals surface area contributed by atoms with E-state index in [-0.39, 0.29) is 27.6 Å². The molecule has 3 nitrogen and oxygen atoms in total. The maximum atomic E-state index is 13.4. The van der Waals surface area contributed by atoms with Gasteiger partial charge in [0.2, 0.25) is 0 Å². The number of carbonyl (C=O) groups is 1. The number of halogens is 5. The molecule has 1 atom stereocenters. The number of hydrogen-bond donors (Lipinski definition) is 1. The number of Topliss-reactive ketones (excluding diaryl/α,β-unsaturated/α-hetero) is 1. The molecule has 2 aromatic rings. The Kier molecular flexibility index (Phi) is 3.67. The maximum absolute atomic E-state index is 13.4. The summed E-state index contributed by atoms with van der Waals surface area (Å²) in [6.07, 6.45) is -5.18. The van der Waals surface area contributed by atoms with Crippen LogP contribution in [0, 0.1) is 17.0 Å². The predicted octanol–water partition coefficient (Wildman–Crippen LogP) is 4.49. The molecular weight excluding hydrogens is 353 g/mol. The number of ketones is 1. The minimum absolute atomic E-state index is 0.0255. The Labute approximate surface area is 136 Å². The Morgan fingerprint density at radius 3 is 2.38 bits per heavy atom. The molecule has 128 valence electrons. The summed E-state index contributed by atoms with van der Waals surface area (Å²) < 4.78 is 66.4. The molecule has 0 saturated carbocycles. The fraction of sp³-hybridized carbons (Fsp3) is 0.333. The molecule has 1 aliphatic carbocycles. The lowest BCUT2D eigenvalue weighted by molar-refractivity contribution is -0.200. The third-order valence-electron chi connectivity index (χ3n) is 4.16. The Morgan fingerprint density at radius 2 is 1.83 bits per heavy atom. The van der Waals surface area contributed by atoms with Gasteiger partial charge < -0.3 is 5.11 Å². The van der Waals surface area contributed by atoms with Gasteiger partial charge in [0, 0.05) is 5.56 Å². The minimum Gasteiger partial charge on any atom is -0.503 e. The number of phenols is 1. The molecule has 0 aliphatic heterocycles. The molecule has 1 heterocycles. The van der Waals surface area contributed by atoms with Crippen molar-refractivity contribution in [2.45, 2.75) is 25.9 Å². The fourth-order valence-corrected chi connectivity index (χ4v) is 3.68. The normalized spacial score (nSPS) is 21.0. The molecular formula is C15H10F5NO2S. The highest BCUT2D eigenvalue weighted by molar-refractivity contribution is 7.17. The van der Waals surface area contributed by atoms with Gasteiger partial charge in [-0.05, 0) is 31.9 Å². The van der Waals surface area contributed by atoms with Crippen LogP contribution in [0.25, 0.3) is 10.6 Å². The number of aromatic hydroxyl groups is 1. The third kappa shape index (κ3) is 2.38. The highest BCUT2D eigenvalue weighted by Gasteiger charge is 2.58. The summed E-state index contributed by atoms with van der Waals surface area (Å²) in [5.41, 5.74) is -2.35.